The topological polar surface area (TPSA) is 78.5 Å². The molecule has 6 nitrogen and oxygen atoms in total. The first kappa shape index (κ1) is 9.95. The number of urea groups is 1. The number of likely N-dealkylation sites (tertiary alicyclic amines) is 1. The summed E-state index contributed by atoms with van der Waals surface area (Å²) in [6.45, 7) is 1.53. The van der Waals surface area contributed by atoms with Crippen LogP contribution in [0.4, 0.5) is 4.79 Å². The Morgan fingerprint density at radius 1 is 1.33 bits per heavy atom. The molecule has 0 bridgehead atoms. The molecule has 82 valence electrons. The van der Waals surface area contributed by atoms with E-state index in [0.717, 1.165) is 25.9 Å². The molecule has 0 unspecified atom stereocenters. The molecule has 2 N–H and O–H groups in total. The molecule has 0 aromatic heterocycles. The summed E-state index contributed by atoms with van der Waals surface area (Å²) in [7, 11) is 0. The van der Waals surface area contributed by atoms with Crippen molar-refractivity contribution in [2.24, 2.45) is 0 Å². The monoisotopic (exact) mass is 211 g/mol. The fourth-order valence-corrected chi connectivity index (χ4v) is 1.87. The minimum absolute atomic E-state index is 0.0603. The van der Waals surface area contributed by atoms with Gasteiger partial charge in [-0.15, -0.1) is 0 Å². The molecule has 2 fully saturated rings. The highest BCUT2D eigenvalue weighted by molar-refractivity contribution is 6.05. The second-order valence-corrected chi connectivity index (χ2v) is 3.81. The van der Waals surface area contributed by atoms with Crippen LogP contribution in [0.25, 0.3) is 0 Å². The largest absolute Gasteiger partial charge is 0.343 e. The van der Waals surface area contributed by atoms with Crippen molar-refractivity contribution in [1.82, 2.24) is 15.5 Å². The molecule has 0 radical (unpaired) electrons. The Morgan fingerprint density at radius 3 is 2.53 bits per heavy atom. The van der Waals surface area contributed by atoms with Crippen molar-refractivity contribution >= 4 is 17.8 Å². The van der Waals surface area contributed by atoms with E-state index in [-0.39, 0.29) is 12.3 Å². The van der Waals surface area contributed by atoms with Gasteiger partial charge in [0.2, 0.25) is 5.91 Å². The van der Waals surface area contributed by atoms with Crippen LogP contribution >= 0.6 is 0 Å². The number of hydrogen-bond acceptors (Lipinski definition) is 3. The van der Waals surface area contributed by atoms with E-state index >= 15 is 0 Å². The van der Waals surface area contributed by atoms with Gasteiger partial charge < -0.3 is 10.2 Å². The molecule has 1 atom stereocenters. The van der Waals surface area contributed by atoms with E-state index in [1.165, 1.54) is 0 Å². The van der Waals surface area contributed by atoms with E-state index in [0.29, 0.717) is 0 Å². The lowest BCUT2D eigenvalue weighted by atomic mass is 10.2. The lowest BCUT2D eigenvalue weighted by Crippen LogP contribution is -2.37. The number of amides is 4. The number of imide groups is 1. The van der Waals surface area contributed by atoms with Gasteiger partial charge in [0.25, 0.3) is 5.91 Å². The summed E-state index contributed by atoms with van der Waals surface area (Å²) < 4.78 is 0. The van der Waals surface area contributed by atoms with Crippen molar-refractivity contribution < 1.29 is 14.4 Å². The Kier molecular flexibility index (Phi) is 2.57. The number of nitrogens with one attached hydrogen (secondary N) is 2. The zero-order valence-electron chi connectivity index (χ0n) is 8.28. The normalized spacial score (nSPS) is 25.3. The first-order valence-corrected chi connectivity index (χ1v) is 5.06. The maximum absolute atomic E-state index is 11.6. The van der Waals surface area contributed by atoms with Crippen LogP contribution in [0.5, 0.6) is 0 Å². The first-order chi connectivity index (χ1) is 7.16. The molecule has 0 saturated carbocycles. The Labute approximate surface area is 87.0 Å². The van der Waals surface area contributed by atoms with Gasteiger partial charge in [0, 0.05) is 13.1 Å². The molecule has 2 aliphatic heterocycles. The third-order valence-corrected chi connectivity index (χ3v) is 2.70. The third-order valence-electron chi connectivity index (χ3n) is 2.70. The van der Waals surface area contributed by atoms with Crippen LogP contribution in [0.3, 0.4) is 0 Å². The summed E-state index contributed by atoms with van der Waals surface area (Å²) in [4.78, 5) is 35.4. The minimum atomic E-state index is -0.689. The lowest BCUT2D eigenvalue weighted by Gasteiger charge is -2.16. The van der Waals surface area contributed by atoms with Crippen LogP contribution in [0, 0.1) is 0 Å². The predicted molar refractivity (Wildman–Crippen MR) is 50.9 cm³/mol. The molecular formula is C9H13N3O3. The van der Waals surface area contributed by atoms with E-state index in [4.69, 9.17) is 0 Å². The van der Waals surface area contributed by atoms with Crippen molar-refractivity contribution in [3.05, 3.63) is 0 Å². The fraction of sp³-hybridized carbons (Fsp3) is 0.667. The molecular weight excluding hydrogens is 198 g/mol. The molecule has 0 aliphatic carbocycles. The maximum Gasteiger partial charge on any atom is 0.322 e. The SMILES string of the molecule is O=C1NC(=O)[C@H](CC(=O)N2CCCC2)N1. The van der Waals surface area contributed by atoms with E-state index < -0.39 is 18.0 Å². The predicted octanol–water partition coefficient (Wildman–Crippen LogP) is -0.793. The number of carbonyl (C=O) groups excluding carboxylic acids is 3. The molecule has 0 spiro atoms. The first-order valence-electron chi connectivity index (χ1n) is 5.06. The summed E-state index contributed by atoms with van der Waals surface area (Å²) in [6, 6.07) is -1.20. The standard InChI is InChI=1S/C9H13N3O3/c13-7(12-3-1-2-4-12)5-6-8(14)11-9(15)10-6/h6H,1-5H2,(H2,10,11,14,15)/t6-/m0/s1. The van der Waals surface area contributed by atoms with E-state index in [1.54, 1.807) is 4.90 Å². The van der Waals surface area contributed by atoms with E-state index in [1.807, 2.05) is 0 Å². The number of carbonyl (C=O) groups is 3. The molecule has 2 saturated heterocycles. The van der Waals surface area contributed by atoms with Gasteiger partial charge in [-0.2, -0.15) is 0 Å². The lowest BCUT2D eigenvalue weighted by molar-refractivity contribution is -0.133. The number of nitrogens with zero attached hydrogens (tertiary/aromatic N) is 1. The summed E-state index contributed by atoms with van der Waals surface area (Å²) in [5, 5.41) is 4.51. The van der Waals surface area contributed by atoms with Gasteiger partial charge >= 0.3 is 6.03 Å². The second kappa shape index (κ2) is 3.88. The smallest absolute Gasteiger partial charge is 0.322 e. The Morgan fingerprint density at radius 2 is 2.00 bits per heavy atom. The second-order valence-electron chi connectivity index (χ2n) is 3.81. The summed E-state index contributed by atoms with van der Waals surface area (Å²) in [6.07, 6.45) is 2.11. The zero-order valence-corrected chi connectivity index (χ0v) is 8.28. The van der Waals surface area contributed by atoms with Crippen LogP contribution in [-0.4, -0.2) is 41.9 Å². The van der Waals surface area contributed by atoms with Crippen LogP contribution in [-0.2, 0) is 9.59 Å². The maximum atomic E-state index is 11.6. The van der Waals surface area contributed by atoms with Gasteiger partial charge in [0.15, 0.2) is 0 Å². The van der Waals surface area contributed by atoms with Crippen molar-refractivity contribution in [1.29, 1.82) is 0 Å². The molecule has 0 aromatic rings. The highest BCUT2D eigenvalue weighted by atomic mass is 16.2. The molecule has 6 heteroatoms. The molecule has 2 heterocycles. The summed E-state index contributed by atoms with van der Waals surface area (Å²) >= 11 is 0. The van der Waals surface area contributed by atoms with Gasteiger partial charge in [-0.25, -0.2) is 4.79 Å². The van der Waals surface area contributed by atoms with Crippen LogP contribution in [0.1, 0.15) is 19.3 Å². The molecule has 2 aliphatic rings. The highest BCUT2D eigenvalue weighted by Gasteiger charge is 2.32. The van der Waals surface area contributed by atoms with Crippen molar-refractivity contribution in [3.8, 4) is 0 Å². The molecule has 2 rings (SSSR count). The van der Waals surface area contributed by atoms with E-state index in [2.05, 4.69) is 10.6 Å². The van der Waals surface area contributed by atoms with Crippen molar-refractivity contribution in [3.63, 3.8) is 0 Å². The fourth-order valence-electron chi connectivity index (χ4n) is 1.87. The summed E-state index contributed by atoms with van der Waals surface area (Å²) in [5.74, 6) is -0.470. The average Bonchev–Trinajstić information content (AvgIpc) is 2.76. The highest BCUT2D eigenvalue weighted by Crippen LogP contribution is 2.10. The van der Waals surface area contributed by atoms with Crippen LogP contribution in [0.2, 0.25) is 0 Å². The quantitative estimate of drug-likeness (QED) is 0.587. The van der Waals surface area contributed by atoms with Gasteiger partial charge in [0.05, 0.1) is 6.42 Å². The average molecular weight is 211 g/mol. The van der Waals surface area contributed by atoms with Crippen LogP contribution in [0.15, 0.2) is 0 Å². The van der Waals surface area contributed by atoms with Gasteiger partial charge in [0.1, 0.15) is 6.04 Å². The Balaban J connectivity index is 1.88. The summed E-state index contributed by atoms with van der Waals surface area (Å²) in [5.41, 5.74) is 0. The number of hydrogen-bond donors (Lipinski definition) is 2. The molecule has 4 amide bonds. The Bertz CT molecular complexity index is 310. The van der Waals surface area contributed by atoms with E-state index in [9.17, 15) is 14.4 Å². The minimum Gasteiger partial charge on any atom is -0.343 e. The number of rotatable bonds is 2. The van der Waals surface area contributed by atoms with Gasteiger partial charge in [-0.3, -0.25) is 14.9 Å². The molecule has 0 aromatic carbocycles. The van der Waals surface area contributed by atoms with Crippen LogP contribution < -0.4 is 10.6 Å². The van der Waals surface area contributed by atoms with Crippen molar-refractivity contribution in [2.75, 3.05) is 13.1 Å². The van der Waals surface area contributed by atoms with Crippen molar-refractivity contribution in [2.45, 2.75) is 25.3 Å². The Hall–Kier alpha value is -1.59. The molecule has 15 heavy (non-hydrogen) atoms. The third kappa shape index (κ3) is 2.08. The van der Waals surface area contributed by atoms with Gasteiger partial charge in [-0.05, 0) is 12.8 Å². The van der Waals surface area contributed by atoms with Gasteiger partial charge in [-0.1, -0.05) is 0 Å². The zero-order chi connectivity index (χ0) is 10.8.